The van der Waals surface area contributed by atoms with Crippen molar-refractivity contribution in [2.75, 3.05) is 20.2 Å². The Morgan fingerprint density at radius 3 is 2.76 bits per heavy atom. The summed E-state index contributed by atoms with van der Waals surface area (Å²) in [6, 6.07) is 8.11. The van der Waals surface area contributed by atoms with Crippen LogP contribution in [0.3, 0.4) is 0 Å². The molecule has 0 aliphatic carbocycles. The van der Waals surface area contributed by atoms with Crippen LogP contribution in [0.2, 0.25) is 0 Å². The number of hydrogen-bond donors (Lipinski definition) is 1. The minimum absolute atomic E-state index is 0.133. The second kappa shape index (κ2) is 6.03. The van der Waals surface area contributed by atoms with Gasteiger partial charge in [0.1, 0.15) is 5.75 Å². The van der Waals surface area contributed by atoms with E-state index in [0.29, 0.717) is 6.10 Å². The summed E-state index contributed by atoms with van der Waals surface area (Å²) in [5.41, 5.74) is 1.18. The Hall–Kier alpha value is -1.06. The predicted molar refractivity (Wildman–Crippen MR) is 68.4 cm³/mol. The fourth-order valence-electron chi connectivity index (χ4n) is 2.19. The van der Waals surface area contributed by atoms with Crippen LogP contribution < -0.4 is 10.1 Å². The molecular weight excluding hydrogens is 214 g/mol. The van der Waals surface area contributed by atoms with Gasteiger partial charge in [-0.1, -0.05) is 12.1 Å². The van der Waals surface area contributed by atoms with Crippen molar-refractivity contribution < 1.29 is 9.47 Å². The van der Waals surface area contributed by atoms with E-state index in [4.69, 9.17) is 9.47 Å². The molecule has 17 heavy (non-hydrogen) atoms. The van der Waals surface area contributed by atoms with Gasteiger partial charge in [-0.05, 0) is 50.6 Å². The molecule has 0 saturated carbocycles. The fraction of sp³-hybridized carbons (Fsp3) is 0.571. The molecule has 94 valence electrons. The molecule has 0 spiro atoms. The minimum atomic E-state index is 0.133. The van der Waals surface area contributed by atoms with Gasteiger partial charge in [0.05, 0.1) is 19.3 Å². The first-order chi connectivity index (χ1) is 8.29. The molecule has 3 nitrogen and oxygen atoms in total. The molecule has 2 rings (SSSR count). The van der Waals surface area contributed by atoms with Gasteiger partial charge in [-0.25, -0.2) is 0 Å². The van der Waals surface area contributed by atoms with Crippen LogP contribution >= 0.6 is 0 Å². The van der Waals surface area contributed by atoms with Crippen LogP contribution in [0.1, 0.15) is 31.4 Å². The van der Waals surface area contributed by atoms with Gasteiger partial charge in [0.2, 0.25) is 0 Å². The Labute approximate surface area is 103 Å². The van der Waals surface area contributed by atoms with E-state index in [2.05, 4.69) is 18.3 Å². The van der Waals surface area contributed by atoms with Crippen LogP contribution in [-0.4, -0.2) is 26.3 Å². The summed E-state index contributed by atoms with van der Waals surface area (Å²) >= 11 is 0. The smallest absolute Gasteiger partial charge is 0.119 e. The number of benzene rings is 1. The summed E-state index contributed by atoms with van der Waals surface area (Å²) in [5, 5.41) is 3.35. The van der Waals surface area contributed by atoms with E-state index in [1.807, 2.05) is 18.2 Å². The highest BCUT2D eigenvalue weighted by molar-refractivity contribution is 5.29. The van der Waals surface area contributed by atoms with Crippen molar-refractivity contribution in [1.82, 2.24) is 5.32 Å². The average Bonchev–Trinajstić information content (AvgIpc) is 2.40. The van der Waals surface area contributed by atoms with Crippen LogP contribution in [0.15, 0.2) is 24.3 Å². The van der Waals surface area contributed by atoms with E-state index in [1.54, 1.807) is 7.11 Å². The normalized spacial score (nSPS) is 18.9. The topological polar surface area (TPSA) is 30.5 Å². The molecule has 1 aliphatic rings. The molecule has 1 aliphatic heterocycles. The maximum Gasteiger partial charge on any atom is 0.119 e. The molecule has 1 aromatic rings. The zero-order valence-corrected chi connectivity index (χ0v) is 10.6. The van der Waals surface area contributed by atoms with Gasteiger partial charge in [0.15, 0.2) is 0 Å². The average molecular weight is 235 g/mol. The molecule has 1 heterocycles. The van der Waals surface area contributed by atoms with Crippen LogP contribution in [0.4, 0.5) is 0 Å². The Balaban J connectivity index is 1.95. The van der Waals surface area contributed by atoms with E-state index in [1.165, 1.54) is 5.56 Å². The summed E-state index contributed by atoms with van der Waals surface area (Å²) in [7, 11) is 1.69. The summed E-state index contributed by atoms with van der Waals surface area (Å²) in [4.78, 5) is 0. The Morgan fingerprint density at radius 1 is 1.29 bits per heavy atom. The lowest BCUT2D eigenvalue weighted by Crippen LogP contribution is -2.33. The van der Waals surface area contributed by atoms with Crippen molar-refractivity contribution in [1.29, 1.82) is 0 Å². The van der Waals surface area contributed by atoms with Gasteiger partial charge in [-0.2, -0.15) is 0 Å². The second-order valence-corrected chi connectivity index (χ2v) is 4.50. The largest absolute Gasteiger partial charge is 0.497 e. The maximum atomic E-state index is 6.08. The first-order valence-electron chi connectivity index (χ1n) is 6.29. The van der Waals surface area contributed by atoms with E-state index in [0.717, 1.165) is 31.7 Å². The predicted octanol–water partition coefficient (Wildman–Crippen LogP) is 2.52. The van der Waals surface area contributed by atoms with Crippen molar-refractivity contribution in [2.45, 2.75) is 32.0 Å². The van der Waals surface area contributed by atoms with Crippen LogP contribution in [0.5, 0.6) is 5.75 Å². The molecule has 3 heteroatoms. The first-order valence-corrected chi connectivity index (χ1v) is 6.29. The number of nitrogens with one attached hydrogen (secondary N) is 1. The number of methoxy groups -OCH3 is 1. The molecule has 1 aromatic carbocycles. The Bertz CT molecular complexity index is 348. The van der Waals surface area contributed by atoms with Crippen LogP contribution in [-0.2, 0) is 4.74 Å². The van der Waals surface area contributed by atoms with Gasteiger partial charge in [0.25, 0.3) is 0 Å². The highest BCUT2D eigenvalue weighted by Crippen LogP contribution is 2.24. The molecule has 1 atom stereocenters. The van der Waals surface area contributed by atoms with Crippen LogP contribution in [0, 0.1) is 0 Å². The molecule has 1 unspecified atom stereocenters. The van der Waals surface area contributed by atoms with E-state index in [9.17, 15) is 0 Å². The van der Waals surface area contributed by atoms with Gasteiger partial charge >= 0.3 is 0 Å². The van der Waals surface area contributed by atoms with Crippen molar-refractivity contribution in [3.63, 3.8) is 0 Å². The molecular formula is C14H21NO2. The van der Waals surface area contributed by atoms with Gasteiger partial charge in [-0.3, -0.25) is 0 Å². The van der Waals surface area contributed by atoms with Crippen molar-refractivity contribution in [3.05, 3.63) is 29.8 Å². The maximum absolute atomic E-state index is 6.08. The summed E-state index contributed by atoms with van der Waals surface area (Å²) in [5.74, 6) is 0.892. The lowest BCUT2D eigenvalue weighted by Gasteiger charge is -2.26. The molecule has 0 bridgehead atoms. The number of ether oxygens (including phenoxy) is 2. The molecule has 1 N–H and O–H groups in total. The highest BCUT2D eigenvalue weighted by atomic mass is 16.5. The molecule has 0 radical (unpaired) electrons. The fourth-order valence-corrected chi connectivity index (χ4v) is 2.19. The Kier molecular flexibility index (Phi) is 4.40. The quantitative estimate of drug-likeness (QED) is 0.870. The molecule has 1 fully saturated rings. The van der Waals surface area contributed by atoms with Crippen molar-refractivity contribution in [2.24, 2.45) is 0 Å². The van der Waals surface area contributed by atoms with E-state index in [-0.39, 0.29) is 6.10 Å². The van der Waals surface area contributed by atoms with Crippen molar-refractivity contribution in [3.8, 4) is 5.75 Å². The second-order valence-electron chi connectivity index (χ2n) is 4.50. The lowest BCUT2D eigenvalue weighted by molar-refractivity contribution is -0.0187. The lowest BCUT2D eigenvalue weighted by atomic mass is 10.1. The summed E-state index contributed by atoms with van der Waals surface area (Å²) < 4.78 is 11.3. The standard InChI is InChI=1S/C14H21NO2/c1-11(17-13-6-8-15-9-7-13)12-4-3-5-14(10-12)16-2/h3-5,10-11,13,15H,6-9H2,1-2H3. The third-order valence-corrected chi connectivity index (χ3v) is 3.25. The van der Waals surface area contributed by atoms with E-state index < -0.39 is 0 Å². The summed E-state index contributed by atoms with van der Waals surface area (Å²) in [6.45, 7) is 4.24. The highest BCUT2D eigenvalue weighted by Gasteiger charge is 2.17. The number of rotatable bonds is 4. The summed E-state index contributed by atoms with van der Waals surface area (Å²) in [6.07, 6.45) is 2.73. The number of hydrogen-bond acceptors (Lipinski definition) is 3. The molecule has 1 saturated heterocycles. The molecule has 0 aromatic heterocycles. The minimum Gasteiger partial charge on any atom is -0.497 e. The Morgan fingerprint density at radius 2 is 2.06 bits per heavy atom. The SMILES string of the molecule is COc1cccc(C(C)OC2CCNCC2)c1. The van der Waals surface area contributed by atoms with E-state index >= 15 is 0 Å². The zero-order valence-electron chi connectivity index (χ0n) is 10.6. The van der Waals surface area contributed by atoms with Gasteiger partial charge in [0, 0.05) is 0 Å². The number of piperidine rings is 1. The van der Waals surface area contributed by atoms with Crippen LogP contribution in [0.25, 0.3) is 0 Å². The first kappa shape index (κ1) is 12.4. The van der Waals surface area contributed by atoms with Gasteiger partial charge in [-0.15, -0.1) is 0 Å². The third-order valence-electron chi connectivity index (χ3n) is 3.25. The van der Waals surface area contributed by atoms with Crippen molar-refractivity contribution >= 4 is 0 Å². The monoisotopic (exact) mass is 235 g/mol. The molecule has 0 amide bonds. The zero-order chi connectivity index (χ0) is 12.1. The van der Waals surface area contributed by atoms with Gasteiger partial charge < -0.3 is 14.8 Å². The third kappa shape index (κ3) is 3.45.